The molecule has 0 aliphatic carbocycles. The van der Waals surface area contributed by atoms with Gasteiger partial charge in [0.1, 0.15) is 17.4 Å². The van der Waals surface area contributed by atoms with Crippen molar-refractivity contribution in [2.45, 2.75) is 37.8 Å². The van der Waals surface area contributed by atoms with Gasteiger partial charge in [-0.15, -0.1) is 0 Å². The Labute approximate surface area is 182 Å². The molecule has 0 spiro atoms. The zero-order valence-corrected chi connectivity index (χ0v) is 17.8. The van der Waals surface area contributed by atoms with Gasteiger partial charge >= 0.3 is 0 Å². The molecule has 1 unspecified atom stereocenters. The first-order valence-corrected chi connectivity index (χ1v) is 11.2. The third-order valence-corrected chi connectivity index (χ3v) is 6.34. The molecule has 2 fully saturated rings. The first kappa shape index (κ1) is 19.7. The standard InChI is InChI=1S/C24H27ClN4O/c25-19(16-18-6-2-1-3-7-18)17-28-13-10-20(11-14-28)29-23-21(8-4-12-26-23)27-24(29)22-9-5-15-30-22/h1-4,6-8,12,16,20,22H,5,9-11,13-15,17H2. The Morgan fingerprint density at radius 2 is 1.93 bits per heavy atom. The Hall–Kier alpha value is -2.21. The number of fused-ring (bicyclic) bond motifs is 1. The molecule has 5 nitrogen and oxygen atoms in total. The highest BCUT2D eigenvalue weighted by atomic mass is 35.5. The zero-order chi connectivity index (χ0) is 20.3. The Kier molecular flexibility index (Phi) is 5.84. The maximum absolute atomic E-state index is 6.55. The summed E-state index contributed by atoms with van der Waals surface area (Å²) in [6, 6.07) is 14.7. The van der Waals surface area contributed by atoms with Gasteiger partial charge in [-0.2, -0.15) is 0 Å². The monoisotopic (exact) mass is 422 g/mol. The van der Waals surface area contributed by atoms with E-state index in [2.05, 4.69) is 38.7 Å². The molecule has 2 saturated heterocycles. The number of benzene rings is 1. The van der Waals surface area contributed by atoms with Crippen LogP contribution in [0.2, 0.25) is 0 Å². The summed E-state index contributed by atoms with van der Waals surface area (Å²) in [5.74, 6) is 1.06. The van der Waals surface area contributed by atoms with Crippen LogP contribution in [0.15, 0.2) is 53.7 Å². The normalized spacial score (nSPS) is 21.5. The molecule has 1 atom stereocenters. The SMILES string of the molecule is ClC(=Cc1ccccc1)CN1CCC(n2c(C3CCCO3)nc3cccnc32)CC1. The molecule has 0 radical (unpaired) electrons. The lowest BCUT2D eigenvalue weighted by Gasteiger charge is -2.33. The van der Waals surface area contributed by atoms with Gasteiger partial charge in [0.15, 0.2) is 5.65 Å². The third kappa shape index (κ3) is 4.15. The van der Waals surface area contributed by atoms with Crippen molar-refractivity contribution in [1.82, 2.24) is 19.4 Å². The van der Waals surface area contributed by atoms with Gasteiger partial charge in [-0.05, 0) is 49.5 Å². The van der Waals surface area contributed by atoms with Crippen molar-refractivity contribution in [2.24, 2.45) is 0 Å². The lowest BCUT2D eigenvalue weighted by Crippen LogP contribution is -2.36. The molecule has 0 amide bonds. The molecule has 2 aliphatic heterocycles. The predicted octanol–water partition coefficient (Wildman–Crippen LogP) is 5.20. The van der Waals surface area contributed by atoms with Gasteiger partial charge < -0.3 is 9.30 Å². The molecular formula is C24H27ClN4O. The number of imidazole rings is 1. The van der Waals surface area contributed by atoms with Gasteiger partial charge in [0, 0.05) is 43.5 Å². The van der Waals surface area contributed by atoms with Crippen molar-refractivity contribution < 1.29 is 4.74 Å². The van der Waals surface area contributed by atoms with Crippen LogP contribution in [-0.4, -0.2) is 45.7 Å². The second-order valence-electron chi connectivity index (χ2n) is 8.20. The Morgan fingerprint density at radius 3 is 2.70 bits per heavy atom. The van der Waals surface area contributed by atoms with Gasteiger partial charge in [0.05, 0.1) is 0 Å². The number of pyridine rings is 1. The number of rotatable bonds is 5. The van der Waals surface area contributed by atoms with Crippen LogP contribution in [0.1, 0.15) is 49.2 Å². The molecule has 0 bridgehead atoms. The quantitative estimate of drug-likeness (QED) is 0.566. The van der Waals surface area contributed by atoms with E-state index in [1.807, 2.05) is 30.5 Å². The average molecular weight is 423 g/mol. The van der Waals surface area contributed by atoms with Crippen molar-refractivity contribution in [1.29, 1.82) is 0 Å². The minimum atomic E-state index is 0.0977. The molecule has 3 aromatic rings. The van der Waals surface area contributed by atoms with Crippen LogP contribution in [0.4, 0.5) is 0 Å². The number of ether oxygens (including phenoxy) is 1. The van der Waals surface area contributed by atoms with Crippen LogP contribution in [0.5, 0.6) is 0 Å². The lowest BCUT2D eigenvalue weighted by molar-refractivity contribution is 0.0977. The summed E-state index contributed by atoms with van der Waals surface area (Å²) in [5.41, 5.74) is 3.11. The summed E-state index contributed by atoms with van der Waals surface area (Å²) in [6.45, 7) is 3.65. The number of nitrogens with zero attached hydrogens (tertiary/aromatic N) is 4. The van der Waals surface area contributed by atoms with E-state index >= 15 is 0 Å². The molecule has 2 aromatic heterocycles. The topological polar surface area (TPSA) is 43.2 Å². The van der Waals surface area contributed by atoms with Crippen molar-refractivity contribution in [3.05, 3.63) is 65.1 Å². The van der Waals surface area contributed by atoms with Gasteiger partial charge in [-0.25, -0.2) is 9.97 Å². The number of hydrogen-bond acceptors (Lipinski definition) is 4. The molecule has 0 N–H and O–H groups in total. The van der Waals surface area contributed by atoms with Crippen molar-refractivity contribution in [2.75, 3.05) is 26.2 Å². The van der Waals surface area contributed by atoms with Gasteiger partial charge in [0.25, 0.3) is 0 Å². The summed E-state index contributed by atoms with van der Waals surface area (Å²) in [4.78, 5) is 12.0. The van der Waals surface area contributed by atoms with Gasteiger partial charge in [-0.3, -0.25) is 4.90 Å². The highest BCUT2D eigenvalue weighted by molar-refractivity contribution is 6.31. The second kappa shape index (κ2) is 8.88. The summed E-state index contributed by atoms with van der Waals surface area (Å²) in [5, 5.41) is 0.884. The number of hydrogen-bond donors (Lipinski definition) is 0. The van der Waals surface area contributed by atoms with Crippen LogP contribution >= 0.6 is 11.6 Å². The largest absolute Gasteiger partial charge is 0.370 e. The van der Waals surface area contributed by atoms with Gasteiger partial charge in [-0.1, -0.05) is 41.9 Å². The minimum absolute atomic E-state index is 0.0977. The number of piperidine rings is 1. The fourth-order valence-corrected chi connectivity index (χ4v) is 4.94. The number of likely N-dealkylation sites (tertiary alicyclic amines) is 1. The van der Waals surface area contributed by atoms with E-state index < -0.39 is 0 Å². The van der Waals surface area contributed by atoms with E-state index in [9.17, 15) is 0 Å². The molecule has 6 heteroatoms. The highest BCUT2D eigenvalue weighted by Gasteiger charge is 2.30. The van der Waals surface area contributed by atoms with E-state index in [0.29, 0.717) is 6.04 Å². The fourth-order valence-electron chi connectivity index (χ4n) is 4.64. The van der Waals surface area contributed by atoms with Crippen LogP contribution in [-0.2, 0) is 4.74 Å². The van der Waals surface area contributed by atoms with E-state index in [-0.39, 0.29) is 6.10 Å². The summed E-state index contributed by atoms with van der Waals surface area (Å²) >= 11 is 6.55. The molecule has 5 rings (SSSR count). The van der Waals surface area contributed by atoms with Crippen molar-refractivity contribution in [3.63, 3.8) is 0 Å². The second-order valence-corrected chi connectivity index (χ2v) is 8.68. The molecule has 4 heterocycles. The lowest BCUT2D eigenvalue weighted by atomic mass is 10.0. The van der Waals surface area contributed by atoms with Crippen LogP contribution < -0.4 is 0 Å². The Bertz CT molecular complexity index is 1020. The Balaban J connectivity index is 1.30. The molecule has 1 aromatic carbocycles. The van der Waals surface area contributed by atoms with Crippen LogP contribution in [0.3, 0.4) is 0 Å². The van der Waals surface area contributed by atoms with Crippen molar-refractivity contribution >= 4 is 28.8 Å². The third-order valence-electron chi connectivity index (χ3n) is 6.11. The summed E-state index contributed by atoms with van der Waals surface area (Å²) in [6.07, 6.45) is 8.31. The molecule has 2 aliphatic rings. The highest BCUT2D eigenvalue weighted by Crippen LogP contribution is 2.35. The van der Waals surface area contributed by atoms with Gasteiger partial charge in [0.2, 0.25) is 0 Å². The fraction of sp³-hybridized carbons (Fsp3) is 0.417. The van der Waals surface area contributed by atoms with Crippen molar-refractivity contribution in [3.8, 4) is 0 Å². The maximum atomic E-state index is 6.55. The Morgan fingerprint density at radius 1 is 1.10 bits per heavy atom. The predicted molar refractivity (Wildman–Crippen MR) is 120 cm³/mol. The van der Waals surface area contributed by atoms with E-state index in [4.69, 9.17) is 21.3 Å². The van der Waals surface area contributed by atoms with E-state index in [1.54, 1.807) is 0 Å². The van der Waals surface area contributed by atoms with E-state index in [1.165, 1.54) is 0 Å². The molecular weight excluding hydrogens is 396 g/mol. The average Bonchev–Trinajstić information content (AvgIpc) is 3.43. The minimum Gasteiger partial charge on any atom is -0.370 e. The van der Waals surface area contributed by atoms with E-state index in [0.717, 1.165) is 79.5 Å². The maximum Gasteiger partial charge on any atom is 0.160 e. The van der Waals surface area contributed by atoms with Crippen LogP contribution in [0.25, 0.3) is 17.2 Å². The van der Waals surface area contributed by atoms with Crippen LogP contribution in [0, 0.1) is 0 Å². The summed E-state index contributed by atoms with van der Waals surface area (Å²) < 4.78 is 8.35. The molecule has 0 saturated carbocycles. The summed E-state index contributed by atoms with van der Waals surface area (Å²) in [7, 11) is 0. The zero-order valence-electron chi connectivity index (χ0n) is 17.1. The first-order valence-electron chi connectivity index (χ1n) is 10.9. The molecule has 156 valence electrons. The first-order chi connectivity index (χ1) is 14.8. The smallest absolute Gasteiger partial charge is 0.160 e. The number of halogens is 1. The number of aromatic nitrogens is 3. The molecule has 30 heavy (non-hydrogen) atoms.